The molecule has 1 aromatic rings. The highest BCUT2D eigenvalue weighted by atomic mass is 79.9. The van der Waals surface area contributed by atoms with Gasteiger partial charge in [0.15, 0.2) is 0 Å². The summed E-state index contributed by atoms with van der Waals surface area (Å²) in [7, 11) is 1.67. The van der Waals surface area contributed by atoms with E-state index >= 15 is 0 Å². The molecule has 0 saturated heterocycles. The predicted molar refractivity (Wildman–Crippen MR) is 75.2 cm³/mol. The summed E-state index contributed by atoms with van der Waals surface area (Å²) in [4.78, 5) is 10.7. The number of rotatable bonds is 7. The first-order valence-electron chi connectivity index (χ1n) is 5.13. The number of halogens is 1. The average molecular weight is 319 g/mol. The zero-order valence-electron chi connectivity index (χ0n) is 9.60. The second-order valence-electron chi connectivity index (χ2n) is 3.39. The van der Waals surface area contributed by atoms with Gasteiger partial charge in [-0.05, 0) is 15.9 Å². The van der Waals surface area contributed by atoms with Gasteiger partial charge in [0.1, 0.15) is 12.1 Å². The lowest BCUT2D eigenvalue weighted by Crippen LogP contribution is -2.31. The Morgan fingerprint density at radius 1 is 1.59 bits per heavy atom. The molecule has 5 nitrogen and oxygen atoms in total. The molecule has 0 aromatic carbocycles. The molecule has 0 unspecified atom stereocenters. The summed E-state index contributed by atoms with van der Waals surface area (Å²) in [6, 6.07) is 0. The maximum absolute atomic E-state index is 5.51. The molecule has 0 fully saturated rings. The van der Waals surface area contributed by atoms with Crippen molar-refractivity contribution >= 4 is 39.0 Å². The van der Waals surface area contributed by atoms with E-state index in [2.05, 4.69) is 30.8 Å². The molecule has 2 N–H and O–H groups in total. The van der Waals surface area contributed by atoms with Crippen LogP contribution in [0.25, 0.3) is 0 Å². The molecule has 0 amide bonds. The zero-order valence-corrected chi connectivity index (χ0v) is 12.0. The minimum atomic E-state index is 0.498. The van der Waals surface area contributed by atoms with E-state index in [1.165, 1.54) is 6.33 Å². The molecule has 0 saturated carbocycles. The van der Waals surface area contributed by atoms with E-state index in [1.54, 1.807) is 13.3 Å². The largest absolute Gasteiger partial charge is 0.393 e. The fourth-order valence-corrected chi connectivity index (χ4v) is 1.87. The molecule has 0 radical (unpaired) electrons. The van der Waals surface area contributed by atoms with Crippen molar-refractivity contribution in [1.82, 2.24) is 9.97 Å². The Balaban J connectivity index is 2.74. The molecule has 17 heavy (non-hydrogen) atoms. The molecule has 1 rings (SSSR count). The number of nitrogens with two attached hydrogens (primary N) is 1. The van der Waals surface area contributed by atoms with E-state index in [4.69, 9.17) is 22.7 Å². The third kappa shape index (κ3) is 4.93. The molecular formula is C10H15BrN4OS. The summed E-state index contributed by atoms with van der Waals surface area (Å²) in [5.41, 5.74) is 5.51. The van der Waals surface area contributed by atoms with Gasteiger partial charge in [-0.3, -0.25) is 0 Å². The third-order valence-electron chi connectivity index (χ3n) is 2.14. The Morgan fingerprint density at radius 2 is 2.35 bits per heavy atom. The van der Waals surface area contributed by atoms with Gasteiger partial charge in [-0.1, -0.05) is 12.2 Å². The quantitative estimate of drug-likeness (QED) is 0.766. The van der Waals surface area contributed by atoms with Crippen LogP contribution in [-0.4, -0.2) is 41.8 Å². The summed E-state index contributed by atoms with van der Waals surface area (Å²) in [6.45, 7) is 2.07. The molecule has 0 bridgehead atoms. The highest BCUT2D eigenvalue weighted by Gasteiger charge is 2.11. The number of nitrogens with zero attached hydrogens (tertiary/aromatic N) is 3. The molecule has 0 aliphatic carbocycles. The Kier molecular flexibility index (Phi) is 6.31. The molecule has 0 aliphatic heterocycles. The Morgan fingerprint density at radius 3 is 2.94 bits per heavy atom. The van der Waals surface area contributed by atoms with Crippen LogP contribution in [0.2, 0.25) is 0 Å². The molecule has 0 atom stereocenters. The van der Waals surface area contributed by atoms with Gasteiger partial charge in [0, 0.05) is 32.8 Å². The normalized spacial score (nSPS) is 10.2. The molecule has 94 valence electrons. The van der Waals surface area contributed by atoms with Crippen LogP contribution in [0.3, 0.4) is 0 Å². The second kappa shape index (κ2) is 7.52. The van der Waals surface area contributed by atoms with Gasteiger partial charge in [-0.25, -0.2) is 9.97 Å². The fraction of sp³-hybridized carbons (Fsp3) is 0.500. The van der Waals surface area contributed by atoms with E-state index in [1.807, 2.05) is 0 Å². The van der Waals surface area contributed by atoms with Gasteiger partial charge in [-0.15, -0.1) is 0 Å². The Bertz CT molecular complexity index is 377. The first kappa shape index (κ1) is 14.3. The lowest BCUT2D eigenvalue weighted by Gasteiger charge is -2.23. The molecule has 7 heteroatoms. The highest BCUT2D eigenvalue weighted by Crippen LogP contribution is 2.21. The summed E-state index contributed by atoms with van der Waals surface area (Å²) in [5, 5.41) is 0. The maximum atomic E-state index is 5.51. The highest BCUT2D eigenvalue weighted by molar-refractivity contribution is 9.10. The van der Waals surface area contributed by atoms with Crippen LogP contribution in [0.4, 0.5) is 5.82 Å². The van der Waals surface area contributed by atoms with E-state index in [0.717, 1.165) is 16.8 Å². The molecule has 1 heterocycles. The van der Waals surface area contributed by atoms with Crippen LogP contribution >= 0.6 is 28.1 Å². The number of ether oxygens (including phenoxy) is 1. The third-order valence-corrected chi connectivity index (χ3v) is 2.90. The number of hydrogen-bond donors (Lipinski definition) is 1. The van der Waals surface area contributed by atoms with Crippen LogP contribution in [-0.2, 0) is 4.74 Å². The monoisotopic (exact) mass is 318 g/mol. The number of anilines is 1. The SMILES string of the molecule is COCCN(CCC(N)=S)c1ncncc1Br. The second-order valence-corrected chi connectivity index (χ2v) is 4.77. The van der Waals surface area contributed by atoms with Crippen LogP contribution in [0, 0.1) is 0 Å². The van der Waals surface area contributed by atoms with Crippen molar-refractivity contribution in [3.63, 3.8) is 0 Å². The lowest BCUT2D eigenvalue weighted by atomic mass is 10.3. The van der Waals surface area contributed by atoms with Crippen LogP contribution in [0.5, 0.6) is 0 Å². The van der Waals surface area contributed by atoms with Crippen LogP contribution < -0.4 is 10.6 Å². The topological polar surface area (TPSA) is 64.3 Å². The number of methoxy groups -OCH3 is 1. The number of hydrogen-bond acceptors (Lipinski definition) is 5. The van der Waals surface area contributed by atoms with E-state index < -0.39 is 0 Å². The van der Waals surface area contributed by atoms with E-state index in [0.29, 0.717) is 24.6 Å². The Hall–Kier alpha value is -0.790. The van der Waals surface area contributed by atoms with Crippen molar-refractivity contribution in [2.45, 2.75) is 6.42 Å². The minimum Gasteiger partial charge on any atom is -0.393 e. The van der Waals surface area contributed by atoms with E-state index in [-0.39, 0.29) is 0 Å². The molecule has 0 aliphatic rings. The van der Waals surface area contributed by atoms with Crippen molar-refractivity contribution in [2.75, 3.05) is 31.7 Å². The van der Waals surface area contributed by atoms with Gasteiger partial charge in [0.2, 0.25) is 0 Å². The summed E-state index contributed by atoms with van der Waals surface area (Å²) in [6.07, 6.45) is 3.87. The zero-order chi connectivity index (χ0) is 12.7. The van der Waals surface area contributed by atoms with Gasteiger partial charge in [-0.2, -0.15) is 0 Å². The standard InChI is InChI=1S/C10H15BrN4OS/c1-16-5-4-15(3-2-9(12)17)10-8(11)6-13-7-14-10/h6-7H,2-5H2,1H3,(H2,12,17). The van der Waals surface area contributed by atoms with Gasteiger partial charge >= 0.3 is 0 Å². The van der Waals surface area contributed by atoms with Gasteiger partial charge in [0.05, 0.1) is 16.1 Å². The lowest BCUT2D eigenvalue weighted by molar-refractivity contribution is 0.205. The van der Waals surface area contributed by atoms with Crippen LogP contribution in [0.15, 0.2) is 17.0 Å². The first-order chi connectivity index (χ1) is 8.15. The van der Waals surface area contributed by atoms with E-state index in [9.17, 15) is 0 Å². The number of thiocarbonyl (C=S) groups is 1. The first-order valence-corrected chi connectivity index (χ1v) is 6.33. The minimum absolute atomic E-state index is 0.498. The van der Waals surface area contributed by atoms with Gasteiger partial charge < -0.3 is 15.4 Å². The number of aromatic nitrogens is 2. The Labute approximate surface area is 114 Å². The van der Waals surface area contributed by atoms with Gasteiger partial charge in [0.25, 0.3) is 0 Å². The summed E-state index contributed by atoms with van der Waals surface area (Å²) in [5.74, 6) is 0.827. The van der Waals surface area contributed by atoms with Crippen molar-refractivity contribution in [1.29, 1.82) is 0 Å². The van der Waals surface area contributed by atoms with Crippen LogP contribution in [0.1, 0.15) is 6.42 Å². The van der Waals surface area contributed by atoms with Crippen molar-refractivity contribution in [2.24, 2.45) is 5.73 Å². The molecule has 0 spiro atoms. The summed E-state index contributed by atoms with van der Waals surface area (Å²) >= 11 is 8.31. The average Bonchev–Trinajstić information content (AvgIpc) is 2.30. The summed E-state index contributed by atoms with van der Waals surface area (Å²) < 4.78 is 5.92. The molecule has 1 aromatic heterocycles. The fourth-order valence-electron chi connectivity index (χ4n) is 1.31. The van der Waals surface area contributed by atoms with Crippen molar-refractivity contribution in [3.8, 4) is 0 Å². The predicted octanol–water partition coefficient (Wildman–Crippen LogP) is 1.37. The van der Waals surface area contributed by atoms with Crippen molar-refractivity contribution < 1.29 is 4.74 Å². The smallest absolute Gasteiger partial charge is 0.146 e. The molecular weight excluding hydrogens is 304 g/mol. The van der Waals surface area contributed by atoms with Crippen molar-refractivity contribution in [3.05, 3.63) is 17.0 Å². The maximum Gasteiger partial charge on any atom is 0.146 e.